The molecular weight excluding hydrogens is 260 g/mol. The Hall–Kier alpha value is -2.39. The molecule has 1 aromatic carbocycles. The first-order valence-electron chi connectivity index (χ1n) is 5.63. The van der Waals surface area contributed by atoms with Gasteiger partial charge in [0.1, 0.15) is 22.5 Å². The molecule has 0 unspecified atom stereocenters. The number of nitrogens with zero attached hydrogens (tertiary/aromatic N) is 4. The van der Waals surface area contributed by atoms with Gasteiger partial charge in [0, 0.05) is 5.56 Å². The number of methoxy groups -OCH3 is 1. The van der Waals surface area contributed by atoms with E-state index in [2.05, 4.69) is 16.2 Å². The lowest BCUT2D eigenvalue weighted by molar-refractivity contribution is 0.415. The quantitative estimate of drug-likeness (QED) is 0.718. The maximum Gasteiger partial charge on any atom is 0.213 e. The van der Waals surface area contributed by atoms with E-state index in [1.165, 1.54) is 11.3 Å². The van der Waals surface area contributed by atoms with Crippen molar-refractivity contribution in [2.24, 2.45) is 0 Å². The molecule has 0 atom stereocenters. The summed E-state index contributed by atoms with van der Waals surface area (Å²) in [5.74, 6) is 0.738. The summed E-state index contributed by atoms with van der Waals surface area (Å²) < 4.78 is 6.79. The van der Waals surface area contributed by atoms with Gasteiger partial charge in [-0.15, -0.1) is 0 Å². The van der Waals surface area contributed by atoms with Crippen molar-refractivity contribution in [1.29, 1.82) is 5.26 Å². The van der Waals surface area contributed by atoms with Crippen LogP contribution in [0.3, 0.4) is 0 Å². The van der Waals surface area contributed by atoms with Gasteiger partial charge in [-0.1, -0.05) is 23.5 Å². The van der Waals surface area contributed by atoms with Gasteiger partial charge in [-0.3, -0.25) is 0 Å². The molecule has 6 heteroatoms. The van der Waals surface area contributed by atoms with E-state index in [0.29, 0.717) is 11.4 Å². The molecule has 2 aromatic heterocycles. The second-order valence-electron chi connectivity index (χ2n) is 3.97. The third kappa shape index (κ3) is 1.84. The standard InChI is InChI=1S/C13H10N4OS/c1-8-16-17-11(7-14)12(15-13(17)19-8)9-4-3-5-10(6-9)18-2/h3-6H,1-2H3. The maximum absolute atomic E-state index is 9.32. The van der Waals surface area contributed by atoms with Crippen LogP contribution in [0.25, 0.3) is 16.2 Å². The first-order valence-corrected chi connectivity index (χ1v) is 6.45. The molecule has 0 aliphatic carbocycles. The molecule has 2 heterocycles. The Kier molecular flexibility index (Phi) is 2.69. The van der Waals surface area contributed by atoms with E-state index in [4.69, 9.17) is 4.74 Å². The number of nitriles is 1. The first kappa shape index (κ1) is 11.7. The van der Waals surface area contributed by atoms with Crippen molar-refractivity contribution in [3.8, 4) is 23.1 Å². The summed E-state index contributed by atoms with van der Waals surface area (Å²) in [5, 5.41) is 14.5. The number of rotatable bonds is 2. The van der Waals surface area contributed by atoms with Gasteiger partial charge in [-0.05, 0) is 19.1 Å². The molecule has 3 aromatic rings. The minimum absolute atomic E-state index is 0.451. The van der Waals surface area contributed by atoms with Crippen LogP contribution in [0, 0.1) is 18.3 Å². The molecule has 0 radical (unpaired) electrons. The minimum Gasteiger partial charge on any atom is -0.497 e. The van der Waals surface area contributed by atoms with Crippen molar-refractivity contribution in [3.05, 3.63) is 35.0 Å². The van der Waals surface area contributed by atoms with Crippen molar-refractivity contribution in [3.63, 3.8) is 0 Å². The molecule has 5 nitrogen and oxygen atoms in total. The Morgan fingerprint density at radius 1 is 1.42 bits per heavy atom. The zero-order valence-corrected chi connectivity index (χ0v) is 11.2. The molecule has 0 aliphatic rings. The Morgan fingerprint density at radius 2 is 2.26 bits per heavy atom. The molecular formula is C13H10N4OS. The Labute approximate surface area is 113 Å². The molecule has 3 rings (SSSR count). The maximum atomic E-state index is 9.32. The highest BCUT2D eigenvalue weighted by molar-refractivity contribution is 7.16. The predicted octanol–water partition coefficient (Wildman–Crippen LogP) is 2.65. The van der Waals surface area contributed by atoms with Gasteiger partial charge >= 0.3 is 0 Å². The van der Waals surface area contributed by atoms with Crippen LogP contribution >= 0.6 is 11.3 Å². The molecule has 94 valence electrons. The zero-order chi connectivity index (χ0) is 13.4. The molecule has 0 fully saturated rings. The Morgan fingerprint density at radius 3 is 3.00 bits per heavy atom. The van der Waals surface area contributed by atoms with Crippen LogP contribution in [0.2, 0.25) is 0 Å². The molecule has 0 saturated carbocycles. The van der Waals surface area contributed by atoms with Gasteiger partial charge in [0.25, 0.3) is 0 Å². The number of ether oxygens (including phenoxy) is 1. The van der Waals surface area contributed by atoms with Gasteiger partial charge in [0.15, 0.2) is 5.69 Å². The van der Waals surface area contributed by atoms with Crippen LogP contribution in [-0.4, -0.2) is 21.7 Å². The topological polar surface area (TPSA) is 63.2 Å². The number of hydrogen-bond acceptors (Lipinski definition) is 5. The summed E-state index contributed by atoms with van der Waals surface area (Å²) in [6.07, 6.45) is 0. The summed E-state index contributed by atoms with van der Waals surface area (Å²) in [7, 11) is 1.61. The van der Waals surface area contributed by atoms with Crippen LogP contribution in [0.4, 0.5) is 0 Å². The first-order chi connectivity index (χ1) is 9.22. The fourth-order valence-corrected chi connectivity index (χ4v) is 2.66. The molecule has 0 aliphatic heterocycles. The summed E-state index contributed by atoms with van der Waals surface area (Å²) in [6.45, 7) is 1.89. The van der Waals surface area contributed by atoms with Crippen LogP contribution in [0.15, 0.2) is 24.3 Å². The normalized spacial score (nSPS) is 10.6. The lowest BCUT2D eigenvalue weighted by Crippen LogP contribution is -1.91. The molecule has 0 spiro atoms. The average Bonchev–Trinajstić information content (AvgIpc) is 2.94. The van der Waals surface area contributed by atoms with E-state index in [1.54, 1.807) is 11.6 Å². The van der Waals surface area contributed by atoms with Crippen LogP contribution in [0.1, 0.15) is 10.7 Å². The fraction of sp³-hybridized carbons (Fsp3) is 0.154. The van der Waals surface area contributed by atoms with Crippen molar-refractivity contribution in [2.45, 2.75) is 6.92 Å². The molecule has 0 amide bonds. The summed E-state index contributed by atoms with van der Waals surface area (Å²) >= 11 is 1.47. The van der Waals surface area contributed by atoms with Crippen molar-refractivity contribution < 1.29 is 4.74 Å². The summed E-state index contributed by atoms with van der Waals surface area (Å²) in [6, 6.07) is 9.67. The third-order valence-corrected chi connectivity index (χ3v) is 3.58. The number of hydrogen-bond donors (Lipinski definition) is 0. The highest BCUT2D eigenvalue weighted by Crippen LogP contribution is 2.28. The largest absolute Gasteiger partial charge is 0.497 e. The van der Waals surface area contributed by atoms with Gasteiger partial charge in [0.05, 0.1) is 7.11 Å². The van der Waals surface area contributed by atoms with E-state index in [9.17, 15) is 5.26 Å². The monoisotopic (exact) mass is 270 g/mol. The van der Waals surface area contributed by atoms with Gasteiger partial charge in [0.2, 0.25) is 4.96 Å². The lowest BCUT2D eigenvalue weighted by atomic mass is 10.1. The number of benzene rings is 1. The minimum atomic E-state index is 0.451. The number of aromatic nitrogens is 3. The van der Waals surface area contributed by atoms with Gasteiger partial charge < -0.3 is 4.74 Å². The van der Waals surface area contributed by atoms with Crippen molar-refractivity contribution >= 4 is 16.3 Å². The predicted molar refractivity (Wildman–Crippen MR) is 72.3 cm³/mol. The lowest BCUT2D eigenvalue weighted by Gasteiger charge is -2.02. The zero-order valence-electron chi connectivity index (χ0n) is 10.4. The summed E-state index contributed by atoms with van der Waals surface area (Å²) in [5.41, 5.74) is 1.94. The number of imidazole rings is 1. The highest BCUT2D eigenvalue weighted by atomic mass is 32.1. The van der Waals surface area contributed by atoms with Gasteiger partial charge in [-0.2, -0.15) is 14.9 Å². The van der Waals surface area contributed by atoms with E-state index in [-0.39, 0.29) is 0 Å². The molecule has 19 heavy (non-hydrogen) atoms. The van der Waals surface area contributed by atoms with Crippen LogP contribution < -0.4 is 4.74 Å². The van der Waals surface area contributed by atoms with E-state index in [0.717, 1.165) is 21.3 Å². The molecule has 0 bridgehead atoms. The third-order valence-electron chi connectivity index (χ3n) is 2.75. The van der Waals surface area contributed by atoms with Crippen molar-refractivity contribution in [1.82, 2.24) is 14.6 Å². The number of aryl methyl sites for hydroxylation is 1. The Balaban J connectivity index is 2.24. The highest BCUT2D eigenvalue weighted by Gasteiger charge is 2.17. The van der Waals surface area contributed by atoms with Crippen LogP contribution in [-0.2, 0) is 0 Å². The molecule has 0 saturated heterocycles. The smallest absolute Gasteiger partial charge is 0.213 e. The van der Waals surface area contributed by atoms with E-state index in [1.807, 2.05) is 31.2 Å². The van der Waals surface area contributed by atoms with Gasteiger partial charge in [-0.25, -0.2) is 4.98 Å². The SMILES string of the molecule is COc1cccc(-c2nc3sc(C)nn3c2C#N)c1. The van der Waals surface area contributed by atoms with E-state index >= 15 is 0 Å². The van der Waals surface area contributed by atoms with Crippen molar-refractivity contribution in [2.75, 3.05) is 7.11 Å². The number of fused-ring (bicyclic) bond motifs is 1. The average molecular weight is 270 g/mol. The second kappa shape index (κ2) is 4.37. The summed E-state index contributed by atoms with van der Waals surface area (Å²) in [4.78, 5) is 5.22. The van der Waals surface area contributed by atoms with E-state index < -0.39 is 0 Å². The molecule has 0 N–H and O–H groups in total. The second-order valence-corrected chi connectivity index (χ2v) is 5.13. The van der Waals surface area contributed by atoms with Crippen LogP contribution in [0.5, 0.6) is 5.75 Å². The fourth-order valence-electron chi connectivity index (χ4n) is 1.92. The Bertz CT molecular complexity index is 797.